The van der Waals surface area contributed by atoms with Gasteiger partial charge in [0.25, 0.3) is 0 Å². The first-order valence-electron chi connectivity index (χ1n) is 6.30. The molecular formula is C14H26O2. The Labute approximate surface area is 100 Å². The molecule has 0 spiro atoms. The first-order valence-corrected chi connectivity index (χ1v) is 6.30. The fourth-order valence-corrected chi connectivity index (χ4v) is 1.21. The first-order chi connectivity index (χ1) is 7.48. The van der Waals surface area contributed by atoms with Gasteiger partial charge in [0.1, 0.15) is 0 Å². The summed E-state index contributed by atoms with van der Waals surface area (Å²) in [7, 11) is 0. The largest absolute Gasteiger partial charge is 0.465 e. The molecule has 0 amide bonds. The van der Waals surface area contributed by atoms with Gasteiger partial charge in [-0.3, -0.25) is 4.79 Å². The maximum Gasteiger partial charge on any atom is 0.311 e. The number of ether oxygens (including phenoxy) is 1. The minimum atomic E-state index is -0.371. The lowest BCUT2D eigenvalue weighted by Gasteiger charge is -2.16. The zero-order valence-electron chi connectivity index (χ0n) is 11.2. The molecule has 0 radical (unpaired) electrons. The van der Waals surface area contributed by atoms with Gasteiger partial charge in [-0.05, 0) is 52.9 Å². The summed E-state index contributed by atoms with van der Waals surface area (Å²) in [5.74, 6) is -0.0987. The van der Waals surface area contributed by atoms with Crippen molar-refractivity contribution in [3.63, 3.8) is 0 Å². The summed E-state index contributed by atoms with van der Waals surface area (Å²) in [5.41, 5.74) is -0.371. The highest BCUT2D eigenvalue weighted by molar-refractivity contribution is 5.75. The molecule has 0 fully saturated rings. The Bertz CT molecular complexity index is 211. The van der Waals surface area contributed by atoms with E-state index in [2.05, 4.69) is 19.1 Å². The number of unbranched alkanes of at least 4 members (excludes halogenated alkanes) is 3. The molecule has 94 valence electrons. The minimum absolute atomic E-state index is 0.0987. The highest BCUT2D eigenvalue weighted by Gasteiger charge is 2.22. The summed E-state index contributed by atoms with van der Waals surface area (Å²) in [6.07, 6.45) is 9.96. The van der Waals surface area contributed by atoms with Crippen LogP contribution in [0.5, 0.6) is 0 Å². The number of carbonyl (C=O) groups excluding carboxylic acids is 1. The summed E-state index contributed by atoms with van der Waals surface area (Å²) >= 11 is 0. The van der Waals surface area contributed by atoms with Crippen LogP contribution in [0.2, 0.25) is 0 Å². The van der Waals surface area contributed by atoms with Crippen LogP contribution in [-0.4, -0.2) is 12.6 Å². The lowest BCUT2D eigenvalue weighted by Crippen LogP contribution is -2.23. The summed E-state index contributed by atoms with van der Waals surface area (Å²) in [4.78, 5) is 11.4. The monoisotopic (exact) mass is 226 g/mol. The van der Waals surface area contributed by atoms with Gasteiger partial charge in [-0.2, -0.15) is 0 Å². The van der Waals surface area contributed by atoms with Crippen LogP contribution in [0.1, 0.15) is 59.8 Å². The maximum atomic E-state index is 11.4. The molecule has 0 saturated carbocycles. The molecule has 2 heteroatoms. The molecule has 0 aromatic carbocycles. The Morgan fingerprint density at radius 3 is 2.38 bits per heavy atom. The van der Waals surface area contributed by atoms with Crippen molar-refractivity contribution >= 4 is 5.97 Å². The average Bonchev–Trinajstić information content (AvgIpc) is 2.20. The third-order valence-electron chi connectivity index (χ3n) is 2.26. The summed E-state index contributed by atoms with van der Waals surface area (Å²) in [6, 6.07) is 0. The molecule has 0 aromatic rings. The van der Waals surface area contributed by atoms with Gasteiger partial charge < -0.3 is 4.74 Å². The molecule has 0 aromatic heterocycles. The molecule has 0 aliphatic carbocycles. The molecule has 16 heavy (non-hydrogen) atoms. The topological polar surface area (TPSA) is 26.3 Å². The molecule has 2 nitrogen and oxygen atoms in total. The SMILES string of the molecule is CC/C=C/CCCCCOC(=O)C(C)(C)C. The predicted molar refractivity (Wildman–Crippen MR) is 68.3 cm³/mol. The van der Waals surface area contributed by atoms with E-state index in [1.807, 2.05) is 20.8 Å². The number of rotatable bonds is 7. The van der Waals surface area contributed by atoms with Crippen molar-refractivity contribution in [3.8, 4) is 0 Å². The Hall–Kier alpha value is -0.790. The summed E-state index contributed by atoms with van der Waals surface area (Å²) < 4.78 is 5.18. The molecule has 0 saturated heterocycles. The molecule has 0 unspecified atom stereocenters. The van der Waals surface area contributed by atoms with E-state index >= 15 is 0 Å². The number of carbonyl (C=O) groups is 1. The van der Waals surface area contributed by atoms with Gasteiger partial charge in [0.15, 0.2) is 0 Å². The van der Waals surface area contributed by atoms with Gasteiger partial charge in [-0.15, -0.1) is 0 Å². The van der Waals surface area contributed by atoms with Crippen LogP contribution in [0.4, 0.5) is 0 Å². The van der Waals surface area contributed by atoms with Crippen LogP contribution in [0.15, 0.2) is 12.2 Å². The molecular weight excluding hydrogens is 200 g/mol. The molecule has 0 aliphatic rings. The Morgan fingerprint density at radius 2 is 1.81 bits per heavy atom. The lowest BCUT2D eigenvalue weighted by molar-refractivity contribution is -0.153. The smallest absolute Gasteiger partial charge is 0.311 e. The highest BCUT2D eigenvalue weighted by atomic mass is 16.5. The molecule has 0 atom stereocenters. The van der Waals surface area contributed by atoms with E-state index in [4.69, 9.17) is 4.74 Å². The van der Waals surface area contributed by atoms with Crippen LogP contribution in [0.25, 0.3) is 0 Å². The molecule has 0 bridgehead atoms. The zero-order chi connectivity index (χ0) is 12.4. The third kappa shape index (κ3) is 8.51. The third-order valence-corrected chi connectivity index (χ3v) is 2.26. The van der Waals surface area contributed by atoms with Crippen molar-refractivity contribution in [3.05, 3.63) is 12.2 Å². The van der Waals surface area contributed by atoms with Gasteiger partial charge >= 0.3 is 5.97 Å². The minimum Gasteiger partial charge on any atom is -0.465 e. The highest BCUT2D eigenvalue weighted by Crippen LogP contribution is 2.15. The van der Waals surface area contributed by atoms with Crippen molar-refractivity contribution in [2.75, 3.05) is 6.61 Å². The Kier molecular flexibility index (Phi) is 7.96. The van der Waals surface area contributed by atoms with Crippen molar-refractivity contribution in [1.82, 2.24) is 0 Å². The predicted octanol–water partition coefficient (Wildman–Crippen LogP) is 4.10. The van der Waals surface area contributed by atoms with Gasteiger partial charge in [0.2, 0.25) is 0 Å². The van der Waals surface area contributed by atoms with Crippen molar-refractivity contribution < 1.29 is 9.53 Å². The van der Waals surface area contributed by atoms with Crippen LogP contribution in [0, 0.1) is 5.41 Å². The van der Waals surface area contributed by atoms with Crippen LogP contribution < -0.4 is 0 Å². The van der Waals surface area contributed by atoms with E-state index in [0.29, 0.717) is 6.61 Å². The number of hydrogen-bond donors (Lipinski definition) is 0. The van der Waals surface area contributed by atoms with Gasteiger partial charge in [-0.1, -0.05) is 19.1 Å². The molecule has 0 N–H and O–H groups in total. The standard InChI is InChI=1S/C14H26O2/c1-5-6-7-8-9-10-11-12-16-13(15)14(2,3)4/h6-7H,5,8-12H2,1-4H3/b7-6+. The van der Waals surface area contributed by atoms with Gasteiger partial charge in [0, 0.05) is 0 Å². The fraction of sp³-hybridized carbons (Fsp3) is 0.786. The van der Waals surface area contributed by atoms with Crippen molar-refractivity contribution in [2.24, 2.45) is 5.41 Å². The van der Waals surface area contributed by atoms with E-state index in [1.54, 1.807) is 0 Å². The van der Waals surface area contributed by atoms with Crippen molar-refractivity contribution in [2.45, 2.75) is 59.8 Å². The van der Waals surface area contributed by atoms with E-state index in [1.165, 1.54) is 6.42 Å². The van der Waals surface area contributed by atoms with Crippen LogP contribution in [-0.2, 0) is 9.53 Å². The Balaban J connectivity index is 3.34. The van der Waals surface area contributed by atoms with Gasteiger partial charge in [-0.25, -0.2) is 0 Å². The first kappa shape index (κ1) is 15.2. The lowest BCUT2D eigenvalue weighted by atomic mass is 9.97. The number of esters is 1. The molecule has 0 heterocycles. The quantitative estimate of drug-likeness (QED) is 0.371. The van der Waals surface area contributed by atoms with Crippen LogP contribution in [0.3, 0.4) is 0 Å². The van der Waals surface area contributed by atoms with E-state index < -0.39 is 0 Å². The van der Waals surface area contributed by atoms with Gasteiger partial charge in [0.05, 0.1) is 12.0 Å². The number of hydrogen-bond acceptors (Lipinski definition) is 2. The fourth-order valence-electron chi connectivity index (χ4n) is 1.21. The molecule has 0 aliphatic heterocycles. The normalized spacial score (nSPS) is 12.0. The maximum absolute atomic E-state index is 11.4. The van der Waals surface area contributed by atoms with E-state index in [9.17, 15) is 4.79 Å². The zero-order valence-corrected chi connectivity index (χ0v) is 11.2. The van der Waals surface area contributed by atoms with Crippen LogP contribution >= 0.6 is 0 Å². The second kappa shape index (κ2) is 8.37. The second-order valence-electron chi connectivity index (χ2n) is 5.11. The summed E-state index contributed by atoms with van der Waals surface area (Å²) in [5, 5.41) is 0. The molecule has 0 rings (SSSR count). The second-order valence-corrected chi connectivity index (χ2v) is 5.11. The summed E-state index contributed by atoms with van der Waals surface area (Å²) in [6.45, 7) is 8.34. The number of allylic oxidation sites excluding steroid dienone is 2. The van der Waals surface area contributed by atoms with Crippen molar-refractivity contribution in [1.29, 1.82) is 0 Å². The Morgan fingerprint density at radius 1 is 1.12 bits per heavy atom. The van der Waals surface area contributed by atoms with E-state index in [-0.39, 0.29) is 11.4 Å². The average molecular weight is 226 g/mol. The van der Waals surface area contributed by atoms with E-state index in [0.717, 1.165) is 25.7 Å².